The summed E-state index contributed by atoms with van der Waals surface area (Å²) in [5.74, 6) is 1.83. The average Bonchev–Trinajstić information content (AvgIpc) is 3.34. The summed E-state index contributed by atoms with van der Waals surface area (Å²) in [5, 5.41) is 22.9. The molecule has 0 spiro atoms. The number of benzene rings is 1. The van der Waals surface area contributed by atoms with Crippen molar-refractivity contribution in [3.8, 4) is 39.9 Å². The van der Waals surface area contributed by atoms with Gasteiger partial charge >= 0.3 is 0 Å². The van der Waals surface area contributed by atoms with Crippen molar-refractivity contribution in [2.24, 2.45) is 0 Å². The van der Waals surface area contributed by atoms with E-state index >= 15 is 4.39 Å². The number of hydrogen-bond acceptors (Lipinski definition) is 9. The number of rotatable bonds is 4. The van der Waals surface area contributed by atoms with Crippen LogP contribution in [0, 0.1) is 0 Å². The SMILES string of the molecule is CN(c1cnc(-c2ccc(-c3cnc4c(c3)OCO4)cc2O)nn1)[C@@H]1C[C@@]2(C)CCC[C@](C)(N2)[C@@H]1F. The highest BCUT2D eigenvalue weighted by Gasteiger charge is 2.53. The van der Waals surface area contributed by atoms with Gasteiger partial charge in [-0.1, -0.05) is 6.07 Å². The second-order valence-corrected chi connectivity index (χ2v) is 10.5. The summed E-state index contributed by atoms with van der Waals surface area (Å²) in [6.45, 7) is 4.30. The van der Waals surface area contributed by atoms with E-state index in [-0.39, 0.29) is 29.9 Å². The Bertz CT molecular complexity index is 1310. The van der Waals surface area contributed by atoms with Crippen LogP contribution in [-0.4, -0.2) is 62.4 Å². The van der Waals surface area contributed by atoms with Crippen LogP contribution < -0.4 is 19.7 Å². The molecule has 0 aliphatic carbocycles. The molecule has 1 aromatic carbocycles. The number of fused-ring (bicyclic) bond motifs is 3. The number of ether oxygens (including phenoxy) is 2. The quantitative estimate of drug-likeness (QED) is 0.561. The molecule has 36 heavy (non-hydrogen) atoms. The molecule has 2 bridgehead atoms. The van der Waals surface area contributed by atoms with Gasteiger partial charge in [-0.2, -0.15) is 0 Å². The molecule has 0 radical (unpaired) electrons. The summed E-state index contributed by atoms with van der Waals surface area (Å²) >= 11 is 0. The van der Waals surface area contributed by atoms with Crippen LogP contribution in [0.25, 0.3) is 22.5 Å². The molecule has 3 aliphatic heterocycles. The van der Waals surface area contributed by atoms with E-state index in [0.29, 0.717) is 29.4 Å². The molecule has 0 amide bonds. The predicted octanol–water partition coefficient (Wildman–Crippen LogP) is 3.87. The van der Waals surface area contributed by atoms with Crippen LogP contribution in [-0.2, 0) is 0 Å². The van der Waals surface area contributed by atoms with Gasteiger partial charge in [0.25, 0.3) is 5.88 Å². The Kier molecular flexibility index (Phi) is 5.26. The lowest BCUT2D eigenvalue weighted by Crippen LogP contribution is -2.72. The number of halogens is 1. The lowest BCUT2D eigenvalue weighted by Gasteiger charge is -2.56. The van der Waals surface area contributed by atoms with Crippen molar-refractivity contribution in [3.63, 3.8) is 0 Å². The highest BCUT2D eigenvalue weighted by atomic mass is 19.1. The largest absolute Gasteiger partial charge is 0.507 e. The molecule has 4 atom stereocenters. The van der Waals surface area contributed by atoms with Crippen molar-refractivity contribution in [1.29, 1.82) is 0 Å². The molecule has 3 aromatic rings. The van der Waals surface area contributed by atoms with E-state index in [1.54, 1.807) is 24.5 Å². The van der Waals surface area contributed by atoms with Crippen LogP contribution in [0.15, 0.2) is 36.7 Å². The number of pyridine rings is 1. The number of anilines is 1. The van der Waals surface area contributed by atoms with E-state index in [2.05, 4.69) is 32.4 Å². The van der Waals surface area contributed by atoms with Gasteiger partial charge in [-0.05, 0) is 63.3 Å². The minimum atomic E-state index is -1.04. The van der Waals surface area contributed by atoms with Crippen LogP contribution in [0.3, 0.4) is 0 Å². The summed E-state index contributed by atoms with van der Waals surface area (Å²) in [4.78, 5) is 10.5. The van der Waals surface area contributed by atoms with Crippen LogP contribution in [0.5, 0.6) is 17.4 Å². The number of aromatic nitrogens is 4. The Balaban J connectivity index is 1.22. The first-order valence-electron chi connectivity index (χ1n) is 12.2. The smallest absolute Gasteiger partial charge is 0.260 e. The average molecular weight is 493 g/mol. The summed E-state index contributed by atoms with van der Waals surface area (Å²) in [6, 6.07) is 6.71. The Morgan fingerprint density at radius 2 is 1.94 bits per heavy atom. The first-order chi connectivity index (χ1) is 17.2. The molecule has 0 saturated carbocycles. The Labute approximate surface area is 208 Å². The molecule has 9 nitrogen and oxygen atoms in total. The second kappa shape index (κ2) is 8.26. The van der Waals surface area contributed by atoms with Gasteiger partial charge in [-0.3, -0.25) is 0 Å². The number of phenols is 1. The molecule has 2 N–H and O–H groups in total. The van der Waals surface area contributed by atoms with Crippen LogP contribution in [0.1, 0.15) is 39.5 Å². The van der Waals surface area contributed by atoms with Gasteiger partial charge in [0.1, 0.15) is 11.9 Å². The molecule has 188 valence electrons. The van der Waals surface area contributed by atoms with E-state index in [0.717, 1.165) is 30.4 Å². The standard InChI is InChI=1S/C26H29FN6O3/c1-25-7-4-8-26(2,32-25)22(27)18(11-25)33(3)21-13-28-23(31-30-21)17-6-5-15(9-19(17)34)16-10-20-24(29-12-16)36-14-35-20/h5-6,9-10,12-13,18,22,32,34H,4,7-8,11,14H2,1-3H3/t18-,22-,25-,26+/m1/s1. The summed E-state index contributed by atoms with van der Waals surface area (Å²) in [7, 11) is 1.85. The van der Waals surface area contributed by atoms with Crippen molar-refractivity contribution >= 4 is 5.82 Å². The number of aromatic hydroxyl groups is 1. The first-order valence-corrected chi connectivity index (χ1v) is 12.2. The zero-order chi connectivity index (χ0) is 25.1. The fraction of sp³-hybridized carbons (Fsp3) is 0.462. The maximum atomic E-state index is 15.6. The molecule has 6 rings (SSSR count). The van der Waals surface area contributed by atoms with E-state index in [1.807, 2.05) is 31.0 Å². The Morgan fingerprint density at radius 3 is 2.72 bits per heavy atom. The third-order valence-electron chi connectivity index (χ3n) is 7.83. The van der Waals surface area contributed by atoms with E-state index < -0.39 is 11.7 Å². The summed E-state index contributed by atoms with van der Waals surface area (Å²) < 4.78 is 26.3. The number of nitrogens with zero attached hydrogens (tertiary/aromatic N) is 5. The highest BCUT2D eigenvalue weighted by Crippen LogP contribution is 2.43. The first kappa shape index (κ1) is 22.9. The van der Waals surface area contributed by atoms with Crippen molar-refractivity contribution < 1.29 is 19.0 Å². The van der Waals surface area contributed by atoms with Gasteiger partial charge in [0, 0.05) is 29.9 Å². The van der Waals surface area contributed by atoms with Crippen molar-refractivity contribution in [3.05, 3.63) is 36.7 Å². The maximum absolute atomic E-state index is 15.6. The van der Waals surface area contributed by atoms with E-state index in [1.165, 1.54) is 0 Å². The van der Waals surface area contributed by atoms with Crippen molar-refractivity contribution in [1.82, 2.24) is 25.5 Å². The summed E-state index contributed by atoms with van der Waals surface area (Å²) in [5.41, 5.74) is 1.35. The second-order valence-electron chi connectivity index (χ2n) is 10.5. The monoisotopic (exact) mass is 492 g/mol. The highest BCUT2D eigenvalue weighted by molar-refractivity contribution is 5.73. The zero-order valence-electron chi connectivity index (χ0n) is 20.5. The Morgan fingerprint density at radius 1 is 1.08 bits per heavy atom. The number of hydrogen-bond donors (Lipinski definition) is 2. The van der Waals surface area contributed by atoms with Gasteiger partial charge in [0.15, 0.2) is 17.4 Å². The van der Waals surface area contributed by atoms with Gasteiger partial charge in [0.05, 0.1) is 17.8 Å². The Hall–Kier alpha value is -3.53. The molecule has 3 aliphatic rings. The van der Waals surface area contributed by atoms with E-state index in [9.17, 15) is 5.11 Å². The van der Waals surface area contributed by atoms with Gasteiger partial charge in [-0.25, -0.2) is 14.4 Å². The van der Waals surface area contributed by atoms with Gasteiger partial charge < -0.3 is 24.8 Å². The third kappa shape index (κ3) is 3.80. The fourth-order valence-corrected chi connectivity index (χ4v) is 5.92. The fourth-order valence-electron chi connectivity index (χ4n) is 5.92. The van der Waals surface area contributed by atoms with Crippen LogP contribution in [0.4, 0.5) is 10.2 Å². The number of phenolic OH excluding ortho intramolecular Hbond substituents is 1. The lowest BCUT2D eigenvalue weighted by molar-refractivity contribution is 0.00193. The lowest BCUT2D eigenvalue weighted by atomic mass is 9.68. The van der Waals surface area contributed by atoms with Gasteiger partial charge in [0.2, 0.25) is 6.79 Å². The minimum Gasteiger partial charge on any atom is -0.507 e. The van der Waals surface area contributed by atoms with Crippen molar-refractivity contribution in [2.45, 2.75) is 62.8 Å². The van der Waals surface area contributed by atoms with E-state index in [4.69, 9.17) is 9.47 Å². The predicted molar refractivity (Wildman–Crippen MR) is 132 cm³/mol. The number of alkyl halides is 1. The molecule has 2 saturated heterocycles. The summed E-state index contributed by atoms with van der Waals surface area (Å²) in [6.07, 6.45) is 5.76. The molecular formula is C26H29FN6O3. The topological polar surface area (TPSA) is 106 Å². The van der Waals surface area contributed by atoms with Crippen molar-refractivity contribution in [2.75, 3.05) is 18.7 Å². The van der Waals surface area contributed by atoms with Crippen LogP contribution >= 0.6 is 0 Å². The third-order valence-corrected chi connectivity index (χ3v) is 7.83. The van der Waals surface area contributed by atoms with Gasteiger partial charge in [-0.15, -0.1) is 10.2 Å². The van der Waals surface area contributed by atoms with Crippen LogP contribution in [0.2, 0.25) is 0 Å². The molecule has 2 fully saturated rings. The molecule has 0 unspecified atom stereocenters. The molecule has 10 heteroatoms. The molecule has 2 aromatic heterocycles. The number of nitrogens with one attached hydrogen (secondary N) is 1. The zero-order valence-corrected chi connectivity index (χ0v) is 20.5. The maximum Gasteiger partial charge on any atom is 0.260 e. The minimum absolute atomic E-state index is 0.0175. The molecular weight excluding hydrogens is 463 g/mol. The number of piperidine rings is 2. The molecule has 5 heterocycles. The normalized spacial score (nSPS) is 28.7.